The van der Waals surface area contributed by atoms with E-state index in [4.69, 9.17) is 9.84 Å². The van der Waals surface area contributed by atoms with Crippen LogP contribution < -0.4 is 15.0 Å². The molecule has 186 valence electrons. The van der Waals surface area contributed by atoms with E-state index < -0.39 is 0 Å². The van der Waals surface area contributed by atoms with Gasteiger partial charge in [-0.2, -0.15) is 4.52 Å². The molecule has 35 heavy (non-hydrogen) atoms. The molecule has 4 heterocycles. The molecule has 0 radical (unpaired) electrons. The van der Waals surface area contributed by atoms with Gasteiger partial charge in [-0.25, -0.2) is 0 Å². The van der Waals surface area contributed by atoms with E-state index >= 15 is 0 Å². The Bertz CT molecular complexity index is 1130. The van der Waals surface area contributed by atoms with Gasteiger partial charge >= 0.3 is 0 Å². The zero-order chi connectivity index (χ0) is 24.2. The molecule has 0 bridgehead atoms. The first-order valence-electron chi connectivity index (χ1n) is 12.8. The van der Waals surface area contributed by atoms with Crippen molar-refractivity contribution in [2.45, 2.75) is 45.1 Å². The van der Waals surface area contributed by atoms with Gasteiger partial charge in [0.15, 0.2) is 11.5 Å². The van der Waals surface area contributed by atoms with Crippen molar-refractivity contribution >= 4 is 17.4 Å². The van der Waals surface area contributed by atoms with E-state index in [9.17, 15) is 4.79 Å². The largest absolute Gasteiger partial charge is 0.497 e. The van der Waals surface area contributed by atoms with E-state index in [1.807, 2.05) is 36.4 Å². The predicted molar refractivity (Wildman–Crippen MR) is 136 cm³/mol. The minimum absolute atomic E-state index is 0.0712. The maximum absolute atomic E-state index is 12.7. The van der Waals surface area contributed by atoms with Crippen molar-refractivity contribution < 1.29 is 9.53 Å². The number of nitrogens with one attached hydrogen (secondary N) is 1. The average Bonchev–Trinajstić information content (AvgIpc) is 3.59. The summed E-state index contributed by atoms with van der Waals surface area (Å²) in [6, 6.07) is 12.2. The molecule has 2 aliphatic rings. The quantitative estimate of drug-likeness (QED) is 0.534. The Kier molecular flexibility index (Phi) is 7.13. The van der Waals surface area contributed by atoms with Gasteiger partial charge < -0.3 is 19.9 Å². The highest BCUT2D eigenvalue weighted by atomic mass is 16.5. The molecular weight excluding hydrogens is 442 g/mol. The highest BCUT2D eigenvalue weighted by Crippen LogP contribution is 2.25. The number of carbonyl (C=O) groups is 1. The van der Waals surface area contributed by atoms with E-state index in [0.717, 1.165) is 56.0 Å². The van der Waals surface area contributed by atoms with E-state index in [1.165, 1.54) is 25.9 Å². The molecule has 1 unspecified atom stereocenters. The number of benzene rings is 1. The van der Waals surface area contributed by atoms with Gasteiger partial charge in [-0.3, -0.25) is 4.79 Å². The SMILES string of the molecule is COc1ccc(-c2nnc3ccc(N4CCC(C(=O)NCCC(C)N5CCCC5)CC4)nn23)cc1. The minimum atomic E-state index is 0.0712. The maximum atomic E-state index is 12.7. The van der Waals surface area contributed by atoms with Gasteiger partial charge in [0.2, 0.25) is 5.91 Å². The summed E-state index contributed by atoms with van der Waals surface area (Å²) in [4.78, 5) is 17.5. The normalized spacial score (nSPS) is 18.2. The average molecular weight is 478 g/mol. The summed E-state index contributed by atoms with van der Waals surface area (Å²) < 4.78 is 7.04. The van der Waals surface area contributed by atoms with Crippen LogP contribution in [0.3, 0.4) is 0 Å². The lowest BCUT2D eigenvalue weighted by molar-refractivity contribution is -0.125. The number of likely N-dealkylation sites (tertiary alicyclic amines) is 1. The topological polar surface area (TPSA) is 87.9 Å². The Morgan fingerprint density at radius 3 is 2.51 bits per heavy atom. The Hall–Kier alpha value is -3.20. The highest BCUT2D eigenvalue weighted by Gasteiger charge is 2.26. The second-order valence-electron chi connectivity index (χ2n) is 9.65. The van der Waals surface area contributed by atoms with Crippen LogP contribution in [0.5, 0.6) is 5.75 Å². The zero-order valence-corrected chi connectivity index (χ0v) is 20.7. The van der Waals surface area contributed by atoms with Crippen molar-refractivity contribution in [2.75, 3.05) is 44.7 Å². The number of anilines is 1. The van der Waals surface area contributed by atoms with Crippen molar-refractivity contribution in [3.63, 3.8) is 0 Å². The van der Waals surface area contributed by atoms with Gasteiger partial charge in [0.05, 0.1) is 7.11 Å². The van der Waals surface area contributed by atoms with Crippen molar-refractivity contribution in [3.05, 3.63) is 36.4 Å². The van der Waals surface area contributed by atoms with Crippen LogP contribution in [0.25, 0.3) is 17.0 Å². The van der Waals surface area contributed by atoms with Crippen LogP contribution in [0.2, 0.25) is 0 Å². The van der Waals surface area contributed by atoms with Crippen LogP contribution >= 0.6 is 0 Å². The number of hydrogen-bond acceptors (Lipinski definition) is 7. The van der Waals surface area contributed by atoms with Crippen molar-refractivity contribution in [1.29, 1.82) is 0 Å². The molecule has 1 atom stereocenters. The van der Waals surface area contributed by atoms with E-state index in [0.29, 0.717) is 17.5 Å². The lowest BCUT2D eigenvalue weighted by Gasteiger charge is -2.32. The molecule has 1 N–H and O–H groups in total. The third-order valence-electron chi connectivity index (χ3n) is 7.41. The molecule has 2 aliphatic heterocycles. The van der Waals surface area contributed by atoms with Gasteiger partial charge in [-0.05, 0) is 88.5 Å². The van der Waals surface area contributed by atoms with Crippen LogP contribution in [0.1, 0.15) is 39.0 Å². The third-order valence-corrected chi connectivity index (χ3v) is 7.41. The molecule has 9 nitrogen and oxygen atoms in total. The number of carbonyl (C=O) groups excluding carboxylic acids is 1. The van der Waals surface area contributed by atoms with Crippen molar-refractivity contribution in [1.82, 2.24) is 30.0 Å². The number of rotatable bonds is 8. The van der Waals surface area contributed by atoms with E-state index in [2.05, 4.69) is 32.2 Å². The molecule has 5 rings (SSSR count). The summed E-state index contributed by atoms with van der Waals surface area (Å²) in [7, 11) is 1.65. The summed E-state index contributed by atoms with van der Waals surface area (Å²) >= 11 is 0. The molecule has 2 aromatic heterocycles. The fourth-order valence-corrected chi connectivity index (χ4v) is 5.15. The number of amides is 1. The predicted octanol–water partition coefficient (Wildman–Crippen LogP) is 3.01. The third kappa shape index (κ3) is 5.24. The van der Waals surface area contributed by atoms with Gasteiger partial charge in [-0.1, -0.05) is 0 Å². The molecule has 2 fully saturated rings. The molecule has 1 amide bonds. The summed E-state index contributed by atoms with van der Waals surface area (Å²) in [5.41, 5.74) is 1.63. The molecule has 3 aromatic rings. The Morgan fingerprint density at radius 2 is 1.80 bits per heavy atom. The zero-order valence-electron chi connectivity index (χ0n) is 20.7. The molecule has 9 heteroatoms. The van der Waals surface area contributed by atoms with Crippen LogP contribution in [0.4, 0.5) is 5.82 Å². The molecule has 0 aliphatic carbocycles. The van der Waals surface area contributed by atoms with Crippen molar-refractivity contribution in [3.8, 4) is 17.1 Å². The molecule has 0 saturated carbocycles. The lowest BCUT2D eigenvalue weighted by Crippen LogP contribution is -2.42. The van der Waals surface area contributed by atoms with Gasteiger partial charge in [0.1, 0.15) is 11.6 Å². The Labute approximate surface area is 206 Å². The molecule has 0 spiro atoms. The van der Waals surface area contributed by atoms with Gasteiger partial charge in [0, 0.05) is 37.2 Å². The summed E-state index contributed by atoms with van der Waals surface area (Å²) in [5.74, 6) is 2.64. The Morgan fingerprint density at radius 1 is 1.06 bits per heavy atom. The van der Waals surface area contributed by atoms with E-state index in [-0.39, 0.29) is 11.8 Å². The fraction of sp³-hybridized carbons (Fsp3) is 0.538. The summed E-state index contributed by atoms with van der Waals surface area (Å²) in [5, 5.41) is 16.6. The number of fused-ring (bicyclic) bond motifs is 1. The molecule has 1 aromatic carbocycles. The second kappa shape index (κ2) is 10.6. The number of aromatic nitrogens is 4. The van der Waals surface area contributed by atoms with Gasteiger partial charge in [0.25, 0.3) is 0 Å². The fourth-order valence-electron chi connectivity index (χ4n) is 5.15. The first-order valence-corrected chi connectivity index (χ1v) is 12.8. The second-order valence-corrected chi connectivity index (χ2v) is 9.65. The molecular formula is C26H35N7O2. The minimum Gasteiger partial charge on any atom is -0.497 e. The summed E-state index contributed by atoms with van der Waals surface area (Å²) in [6.45, 7) is 7.04. The number of hydrogen-bond donors (Lipinski definition) is 1. The maximum Gasteiger partial charge on any atom is 0.223 e. The Balaban J connectivity index is 1.17. The number of ether oxygens (including phenoxy) is 1. The number of nitrogens with zero attached hydrogens (tertiary/aromatic N) is 6. The van der Waals surface area contributed by atoms with E-state index in [1.54, 1.807) is 11.6 Å². The first kappa shape index (κ1) is 23.5. The highest BCUT2D eigenvalue weighted by molar-refractivity contribution is 5.79. The first-order chi connectivity index (χ1) is 17.1. The van der Waals surface area contributed by atoms with Gasteiger partial charge in [-0.15, -0.1) is 15.3 Å². The molecule has 2 saturated heterocycles. The smallest absolute Gasteiger partial charge is 0.223 e. The summed E-state index contributed by atoms with van der Waals surface area (Å²) in [6.07, 6.45) is 5.29. The number of methoxy groups -OCH3 is 1. The van der Waals surface area contributed by atoms with Crippen LogP contribution in [-0.4, -0.2) is 76.5 Å². The van der Waals surface area contributed by atoms with Crippen LogP contribution in [0.15, 0.2) is 36.4 Å². The van der Waals surface area contributed by atoms with Crippen molar-refractivity contribution in [2.24, 2.45) is 5.92 Å². The monoisotopic (exact) mass is 477 g/mol. The van der Waals surface area contributed by atoms with Crippen LogP contribution in [-0.2, 0) is 4.79 Å². The standard InChI is InChI=1S/C26H35N7O2/c1-19(31-15-3-4-16-31)11-14-27-26(34)21-12-17-32(18-13-21)24-10-9-23-28-29-25(33(23)30-24)20-5-7-22(35-2)8-6-20/h5-10,19,21H,3-4,11-18H2,1-2H3,(H,27,34). The number of piperidine rings is 1. The van der Waals surface area contributed by atoms with Crippen LogP contribution in [0, 0.1) is 5.92 Å². The lowest BCUT2D eigenvalue weighted by atomic mass is 9.96.